The van der Waals surface area contributed by atoms with E-state index in [4.69, 9.17) is 0 Å². The first-order valence-corrected chi connectivity index (χ1v) is 6.61. The fourth-order valence-electron chi connectivity index (χ4n) is 2.53. The van der Waals surface area contributed by atoms with E-state index in [1.54, 1.807) is 15.3 Å². The standard InChI is InChI=1S/C13H18N4O/c18-13-16-9-5-2-6-12(16)14-17(13)11-10-15-7-3-1-4-8-15/h2,5-6,9H,1,3-4,7-8,10-11H2. The first-order chi connectivity index (χ1) is 8.84. The third-order valence-corrected chi connectivity index (χ3v) is 3.57. The second-order valence-electron chi connectivity index (χ2n) is 4.84. The lowest BCUT2D eigenvalue weighted by Gasteiger charge is -2.25. The number of hydrogen-bond acceptors (Lipinski definition) is 3. The minimum atomic E-state index is -0.0393. The van der Waals surface area contributed by atoms with Crippen molar-refractivity contribution in [3.8, 4) is 0 Å². The van der Waals surface area contributed by atoms with E-state index in [1.807, 2.05) is 18.2 Å². The molecule has 0 radical (unpaired) electrons. The Morgan fingerprint density at radius 3 is 2.72 bits per heavy atom. The van der Waals surface area contributed by atoms with Gasteiger partial charge < -0.3 is 4.90 Å². The van der Waals surface area contributed by atoms with Gasteiger partial charge in [0.05, 0.1) is 6.54 Å². The fraction of sp³-hybridized carbons (Fsp3) is 0.538. The summed E-state index contributed by atoms with van der Waals surface area (Å²) >= 11 is 0. The summed E-state index contributed by atoms with van der Waals surface area (Å²) in [6.45, 7) is 3.91. The highest BCUT2D eigenvalue weighted by atomic mass is 16.2. The SMILES string of the molecule is O=c1n(CCN2CCCCC2)nc2ccccn12. The molecular formula is C13H18N4O. The summed E-state index contributed by atoms with van der Waals surface area (Å²) in [5.74, 6) is 0. The molecule has 3 rings (SSSR count). The summed E-state index contributed by atoms with van der Waals surface area (Å²) in [7, 11) is 0. The van der Waals surface area contributed by atoms with Crippen LogP contribution >= 0.6 is 0 Å². The normalized spacial score (nSPS) is 17.3. The van der Waals surface area contributed by atoms with Gasteiger partial charge in [-0.15, -0.1) is 5.10 Å². The average molecular weight is 246 g/mol. The number of likely N-dealkylation sites (tertiary alicyclic amines) is 1. The van der Waals surface area contributed by atoms with Gasteiger partial charge in [0.15, 0.2) is 5.65 Å². The number of fused-ring (bicyclic) bond motifs is 1. The monoisotopic (exact) mass is 246 g/mol. The molecule has 5 nitrogen and oxygen atoms in total. The molecule has 96 valence electrons. The maximum Gasteiger partial charge on any atom is 0.350 e. The van der Waals surface area contributed by atoms with Crippen molar-refractivity contribution in [1.82, 2.24) is 19.1 Å². The highest BCUT2D eigenvalue weighted by Crippen LogP contribution is 2.08. The molecule has 0 aliphatic carbocycles. The third-order valence-electron chi connectivity index (χ3n) is 3.57. The topological polar surface area (TPSA) is 42.5 Å². The second-order valence-corrected chi connectivity index (χ2v) is 4.84. The van der Waals surface area contributed by atoms with Crippen LogP contribution in [0.25, 0.3) is 5.65 Å². The molecule has 3 heterocycles. The molecule has 1 saturated heterocycles. The summed E-state index contributed by atoms with van der Waals surface area (Å²) in [5, 5.41) is 4.34. The summed E-state index contributed by atoms with van der Waals surface area (Å²) in [4.78, 5) is 14.5. The van der Waals surface area contributed by atoms with E-state index in [0.717, 1.165) is 25.3 Å². The molecule has 1 fully saturated rings. The van der Waals surface area contributed by atoms with E-state index < -0.39 is 0 Å². The molecule has 0 aromatic carbocycles. The Morgan fingerprint density at radius 1 is 1.11 bits per heavy atom. The highest BCUT2D eigenvalue weighted by Gasteiger charge is 2.11. The summed E-state index contributed by atoms with van der Waals surface area (Å²) in [5.41, 5.74) is 0.684. The van der Waals surface area contributed by atoms with Gasteiger partial charge in [0.2, 0.25) is 0 Å². The third kappa shape index (κ3) is 2.18. The molecule has 0 spiro atoms. The van der Waals surface area contributed by atoms with Gasteiger partial charge in [-0.3, -0.25) is 4.40 Å². The predicted octanol–water partition coefficient (Wildman–Crippen LogP) is 0.982. The van der Waals surface area contributed by atoms with Crippen LogP contribution in [0.1, 0.15) is 19.3 Å². The van der Waals surface area contributed by atoms with Gasteiger partial charge in [0.25, 0.3) is 0 Å². The van der Waals surface area contributed by atoms with Gasteiger partial charge in [-0.1, -0.05) is 12.5 Å². The summed E-state index contributed by atoms with van der Waals surface area (Å²) in [6.07, 6.45) is 5.66. The zero-order chi connectivity index (χ0) is 12.4. The molecule has 5 heteroatoms. The Kier molecular flexibility index (Phi) is 3.15. The molecule has 2 aromatic heterocycles. The minimum absolute atomic E-state index is 0.0393. The van der Waals surface area contributed by atoms with Crippen LogP contribution in [-0.4, -0.2) is 38.7 Å². The van der Waals surface area contributed by atoms with Crippen molar-refractivity contribution in [2.24, 2.45) is 0 Å². The molecular weight excluding hydrogens is 228 g/mol. The predicted molar refractivity (Wildman–Crippen MR) is 69.7 cm³/mol. The van der Waals surface area contributed by atoms with Crippen LogP contribution < -0.4 is 5.69 Å². The van der Waals surface area contributed by atoms with Gasteiger partial charge in [0, 0.05) is 12.7 Å². The summed E-state index contributed by atoms with van der Waals surface area (Å²) in [6, 6.07) is 5.61. The van der Waals surface area contributed by atoms with E-state index in [-0.39, 0.29) is 5.69 Å². The van der Waals surface area contributed by atoms with Crippen molar-refractivity contribution < 1.29 is 0 Å². The van der Waals surface area contributed by atoms with Crippen LogP contribution in [-0.2, 0) is 6.54 Å². The zero-order valence-electron chi connectivity index (χ0n) is 10.5. The Bertz CT molecular complexity index is 580. The van der Waals surface area contributed by atoms with Gasteiger partial charge in [0.1, 0.15) is 0 Å². The van der Waals surface area contributed by atoms with E-state index >= 15 is 0 Å². The lowest BCUT2D eigenvalue weighted by atomic mass is 10.1. The van der Waals surface area contributed by atoms with Crippen LogP contribution in [0.2, 0.25) is 0 Å². The number of rotatable bonds is 3. The number of aromatic nitrogens is 3. The van der Waals surface area contributed by atoms with Crippen molar-refractivity contribution in [2.45, 2.75) is 25.8 Å². The van der Waals surface area contributed by atoms with E-state index in [0.29, 0.717) is 6.54 Å². The van der Waals surface area contributed by atoms with Crippen molar-refractivity contribution >= 4 is 5.65 Å². The van der Waals surface area contributed by atoms with Crippen LogP contribution in [0.4, 0.5) is 0 Å². The Labute approximate surface area is 106 Å². The Morgan fingerprint density at radius 2 is 1.94 bits per heavy atom. The Hall–Kier alpha value is -1.62. The highest BCUT2D eigenvalue weighted by molar-refractivity contribution is 5.35. The second kappa shape index (κ2) is 4.94. The molecule has 2 aromatic rings. The van der Waals surface area contributed by atoms with E-state index in [9.17, 15) is 4.79 Å². The molecule has 1 aliphatic heterocycles. The average Bonchev–Trinajstić information content (AvgIpc) is 2.75. The van der Waals surface area contributed by atoms with Gasteiger partial charge in [-0.2, -0.15) is 0 Å². The first kappa shape index (κ1) is 11.5. The quantitative estimate of drug-likeness (QED) is 0.811. The number of nitrogens with zero attached hydrogens (tertiary/aromatic N) is 4. The van der Waals surface area contributed by atoms with Crippen LogP contribution in [0.5, 0.6) is 0 Å². The van der Waals surface area contributed by atoms with Crippen LogP contribution in [0, 0.1) is 0 Å². The van der Waals surface area contributed by atoms with Gasteiger partial charge >= 0.3 is 5.69 Å². The van der Waals surface area contributed by atoms with Crippen molar-refractivity contribution in [3.05, 3.63) is 34.9 Å². The van der Waals surface area contributed by atoms with Crippen molar-refractivity contribution in [3.63, 3.8) is 0 Å². The number of pyridine rings is 1. The van der Waals surface area contributed by atoms with Gasteiger partial charge in [-0.25, -0.2) is 9.48 Å². The number of hydrogen-bond donors (Lipinski definition) is 0. The van der Waals surface area contributed by atoms with Crippen LogP contribution in [0.3, 0.4) is 0 Å². The molecule has 18 heavy (non-hydrogen) atoms. The fourth-order valence-corrected chi connectivity index (χ4v) is 2.53. The van der Waals surface area contributed by atoms with Crippen molar-refractivity contribution in [2.75, 3.05) is 19.6 Å². The molecule has 0 atom stereocenters. The van der Waals surface area contributed by atoms with Crippen LogP contribution in [0.15, 0.2) is 29.2 Å². The maximum atomic E-state index is 12.0. The largest absolute Gasteiger partial charge is 0.350 e. The lowest BCUT2D eigenvalue weighted by Crippen LogP contribution is -2.34. The maximum absolute atomic E-state index is 12.0. The molecule has 0 N–H and O–H groups in total. The smallest absolute Gasteiger partial charge is 0.301 e. The minimum Gasteiger partial charge on any atom is -0.301 e. The molecule has 0 amide bonds. The Balaban J connectivity index is 1.74. The molecule has 1 aliphatic rings. The summed E-state index contributed by atoms with van der Waals surface area (Å²) < 4.78 is 3.17. The van der Waals surface area contributed by atoms with E-state index in [2.05, 4.69) is 10.00 Å². The van der Waals surface area contributed by atoms with Crippen molar-refractivity contribution in [1.29, 1.82) is 0 Å². The van der Waals surface area contributed by atoms with Gasteiger partial charge in [-0.05, 0) is 38.1 Å². The molecule has 0 unspecified atom stereocenters. The molecule has 0 bridgehead atoms. The first-order valence-electron chi connectivity index (χ1n) is 6.61. The zero-order valence-corrected chi connectivity index (χ0v) is 10.5. The molecule has 0 saturated carbocycles. The number of piperidine rings is 1. The lowest BCUT2D eigenvalue weighted by molar-refractivity contribution is 0.217. The van der Waals surface area contributed by atoms with E-state index in [1.165, 1.54) is 19.3 Å².